The molecular formula is C24H17N5O3. The van der Waals surface area contributed by atoms with Crippen molar-refractivity contribution in [3.8, 4) is 40.8 Å². The Morgan fingerprint density at radius 3 is 2.47 bits per heavy atom. The van der Waals surface area contributed by atoms with Gasteiger partial charge in [0.1, 0.15) is 17.2 Å². The van der Waals surface area contributed by atoms with Gasteiger partial charge in [-0.05, 0) is 42.5 Å². The van der Waals surface area contributed by atoms with Crippen molar-refractivity contribution in [1.29, 1.82) is 5.26 Å². The lowest BCUT2D eigenvalue weighted by atomic mass is 10.1. The van der Waals surface area contributed by atoms with E-state index in [-0.39, 0.29) is 18.3 Å². The molecule has 0 bridgehead atoms. The van der Waals surface area contributed by atoms with Crippen molar-refractivity contribution in [1.82, 2.24) is 19.5 Å². The van der Waals surface area contributed by atoms with Crippen LogP contribution in [0.1, 0.15) is 11.1 Å². The van der Waals surface area contributed by atoms with Crippen molar-refractivity contribution >= 4 is 11.0 Å². The molecule has 0 amide bonds. The number of imidazole rings is 1. The van der Waals surface area contributed by atoms with Crippen LogP contribution in [0, 0.1) is 11.3 Å². The minimum atomic E-state index is -0.0642. The van der Waals surface area contributed by atoms with Gasteiger partial charge in [-0.2, -0.15) is 5.26 Å². The van der Waals surface area contributed by atoms with Crippen molar-refractivity contribution < 1.29 is 14.9 Å². The van der Waals surface area contributed by atoms with E-state index < -0.39 is 0 Å². The molecule has 0 saturated heterocycles. The second-order valence-electron chi connectivity index (χ2n) is 7.15. The molecule has 5 rings (SSSR count). The number of nitrogens with one attached hydrogen (secondary N) is 1. The Morgan fingerprint density at radius 2 is 1.78 bits per heavy atom. The molecule has 0 fully saturated rings. The van der Waals surface area contributed by atoms with E-state index in [1.165, 1.54) is 16.7 Å². The summed E-state index contributed by atoms with van der Waals surface area (Å²) in [6.07, 6.45) is 1.70. The summed E-state index contributed by atoms with van der Waals surface area (Å²) in [7, 11) is 0. The summed E-state index contributed by atoms with van der Waals surface area (Å²) >= 11 is 0. The normalized spacial score (nSPS) is 10.8. The van der Waals surface area contributed by atoms with Crippen LogP contribution >= 0.6 is 0 Å². The minimum Gasteiger partial charge on any atom is -0.494 e. The number of aromatic amines is 1. The number of hydrogen-bond acceptors (Lipinski definition) is 6. The van der Waals surface area contributed by atoms with Crippen molar-refractivity contribution in [2.24, 2.45) is 0 Å². The summed E-state index contributed by atoms with van der Waals surface area (Å²) in [5.74, 6) is 1.55. The maximum Gasteiger partial charge on any atom is 0.194 e. The quantitative estimate of drug-likeness (QED) is 0.381. The van der Waals surface area contributed by atoms with Crippen LogP contribution in [0.5, 0.6) is 23.3 Å². The van der Waals surface area contributed by atoms with Crippen molar-refractivity contribution in [3.05, 3.63) is 84.1 Å². The summed E-state index contributed by atoms with van der Waals surface area (Å²) in [4.78, 5) is 12.2. The Kier molecular flexibility index (Phi) is 4.69. The van der Waals surface area contributed by atoms with Crippen LogP contribution in [0.15, 0.2) is 72.9 Å². The Hall–Kier alpha value is -4.77. The van der Waals surface area contributed by atoms with Gasteiger partial charge in [0.2, 0.25) is 0 Å². The molecule has 3 N–H and O–H groups in total. The molecule has 0 aliphatic carbocycles. The number of nitrogens with zero attached hydrogens (tertiary/aromatic N) is 4. The van der Waals surface area contributed by atoms with Crippen molar-refractivity contribution in [3.63, 3.8) is 0 Å². The highest BCUT2D eigenvalue weighted by Gasteiger charge is 2.15. The zero-order valence-corrected chi connectivity index (χ0v) is 16.7. The monoisotopic (exact) mass is 423 g/mol. The van der Waals surface area contributed by atoms with Gasteiger partial charge in [-0.15, -0.1) is 0 Å². The molecular weight excluding hydrogens is 406 g/mol. The molecule has 3 aromatic heterocycles. The van der Waals surface area contributed by atoms with Crippen LogP contribution in [0.3, 0.4) is 0 Å². The molecule has 0 radical (unpaired) electrons. The number of H-pyrrole nitrogens is 1. The molecule has 0 saturated carbocycles. The van der Waals surface area contributed by atoms with E-state index in [4.69, 9.17) is 10.00 Å². The number of ether oxygens (including phenoxy) is 1. The largest absolute Gasteiger partial charge is 0.494 e. The zero-order chi connectivity index (χ0) is 22.1. The predicted molar refractivity (Wildman–Crippen MR) is 117 cm³/mol. The first-order valence-electron chi connectivity index (χ1n) is 9.80. The number of aromatic hydroxyl groups is 2. The number of hydrogen-bond donors (Lipinski definition) is 3. The van der Waals surface area contributed by atoms with E-state index in [2.05, 4.69) is 21.0 Å². The summed E-state index contributed by atoms with van der Waals surface area (Å²) in [5.41, 5.74) is 3.39. The van der Waals surface area contributed by atoms with Gasteiger partial charge < -0.3 is 19.9 Å². The molecule has 0 aliphatic rings. The van der Waals surface area contributed by atoms with Crippen LogP contribution in [-0.4, -0.2) is 29.7 Å². The van der Waals surface area contributed by atoms with Gasteiger partial charge in [-0.1, -0.05) is 6.07 Å². The maximum absolute atomic E-state index is 10.1. The van der Waals surface area contributed by atoms with Gasteiger partial charge in [0.15, 0.2) is 17.6 Å². The van der Waals surface area contributed by atoms with E-state index in [0.717, 1.165) is 5.52 Å². The lowest BCUT2D eigenvalue weighted by molar-refractivity contribution is 0.375. The number of aromatic nitrogens is 4. The second kappa shape index (κ2) is 7.81. The SMILES string of the molecule is N#Cc1ccc(Oc2cc3nc(-c4ccccn4)[nH]c3cc2Cn2c(O)ccc2O)cc1. The van der Waals surface area contributed by atoms with Gasteiger partial charge in [0.25, 0.3) is 0 Å². The fourth-order valence-electron chi connectivity index (χ4n) is 3.43. The third-order valence-electron chi connectivity index (χ3n) is 5.05. The average Bonchev–Trinajstić information content (AvgIpc) is 3.38. The first-order chi connectivity index (χ1) is 15.6. The summed E-state index contributed by atoms with van der Waals surface area (Å²) in [6.45, 7) is 0.171. The minimum absolute atomic E-state index is 0.0642. The molecule has 0 unspecified atom stereocenters. The molecule has 8 nitrogen and oxygen atoms in total. The molecule has 5 aromatic rings. The lowest BCUT2D eigenvalue weighted by Crippen LogP contribution is -2.01. The molecule has 156 valence electrons. The zero-order valence-electron chi connectivity index (χ0n) is 16.7. The molecule has 8 heteroatoms. The standard InChI is InChI=1S/C24H17N5O3/c25-13-15-4-6-17(7-5-15)32-21-12-20-19(27-24(28-20)18-3-1-2-10-26-18)11-16(21)14-29-22(30)8-9-23(29)31/h1-12,30-31H,14H2,(H,27,28). The molecule has 0 spiro atoms. The first-order valence-corrected chi connectivity index (χ1v) is 9.80. The topological polar surface area (TPSA) is 120 Å². The average molecular weight is 423 g/mol. The van der Waals surface area contributed by atoms with Gasteiger partial charge in [0.05, 0.1) is 29.2 Å². The van der Waals surface area contributed by atoms with E-state index in [0.29, 0.717) is 39.7 Å². The van der Waals surface area contributed by atoms with E-state index >= 15 is 0 Å². The number of nitriles is 1. The number of rotatable bonds is 5. The molecule has 0 atom stereocenters. The first kappa shape index (κ1) is 19.2. The molecule has 32 heavy (non-hydrogen) atoms. The van der Waals surface area contributed by atoms with Crippen molar-refractivity contribution in [2.45, 2.75) is 6.54 Å². The summed E-state index contributed by atoms with van der Waals surface area (Å²) in [5, 5.41) is 29.2. The van der Waals surface area contributed by atoms with Gasteiger partial charge in [-0.3, -0.25) is 9.55 Å². The third kappa shape index (κ3) is 3.59. The van der Waals surface area contributed by atoms with E-state index in [1.54, 1.807) is 36.5 Å². The molecule has 0 aliphatic heterocycles. The number of fused-ring (bicyclic) bond motifs is 1. The third-order valence-corrected chi connectivity index (χ3v) is 5.05. The van der Waals surface area contributed by atoms with Gasteiger partial charge in [-0.25, -0.2) is 4.98 Å². The van der Waals surface area contributed by atoms with Crippen LogP contribution in [-0.2, 0) is 6.54 Å². The fraction of sp³-hybridized carbons (Fsp3) is 0.0417. The van der Waals surface area contributed by atoms with Gasteiger partial charge in [0, 0.05) is 30.0 Å². The molecule has 3 heterocycles. The Morgan fingerprint density at radius 1 is 1.00 bits per heavy atom. The Labute approximate surface area is 182 Å². The maximum atomic E-state index is 10.1. The van der Waals surface area contributed by atoms with Crippen LogP contribution in [0.4, 0.5) is 0 Å². The van der Waals surface area contributed by atoms with Crippen LogP contribution in [0.25, 0.3) is 22.6 Å². The summed E-state index contributed by atoms with van der Waals surface area (Å²) < 4.78 is 7.47. The highest BCUT2D eigenvalue weighted by molar-refractivity contribution is 5.81. The highest BCUT2D eigenvalue weighted by Crippen LogP contribution is 2.33. The fourth-order valence-corrected chi connectivity index (χ4v) is 3.43. The Bertz CT molecular complexity index is 1430. The number of pyridine rings is 1. The predicted octanol–water partition coefficient (Wildman–Crippen LogP) is 4.55. The van der Waals surface area contributed by atoms with Gasteiger partial charge >= 0.3 is 0 Å². The van der Waals surface area contributed by atoms with Crippen LogP contribution < -0.4 is 4.74 Å². The van der Waals surface area contributed by atoms with E-state index in [1.807, 2.05) is 24.3 Å². The van der Waals surface area contributed by atoms with Crippen molar-refractivity contribution in [2.75, 3.05) is 0 Å². The number of benzene rings is 2. The van der Waals surface area contributed by atoms with Crippen LogP contribution in [0.2, 0.25) is 0 Å². The highest BCUT2D eigenvalue weighted by atomic mass is 16.5. The lowest BCUT2D eigenvalue weighted by Gasteiger charge is -2.13. The smallest absolute Gasteiger partial charge is 0.194 e. The second-order valence-corrected chi connectivity index (χ2v) is 7.15. The van der Waals surface area contributed by atoms with E-state index in [9.17, 15) is 10.2 Å². The summed E-state index contributed by atoms with van der Waals surface area (Å²) in [6, 6.07) is 20.9. The molecule has 2 aromatic carbocycles. The Balaban J connectivity index is 1.60.